The van der Waals surface area contributed by atoms with Gasteiger partial charge in [0.1, 0.15) is 0 Å². The third-order valence-corrected chi connectivity index (χ3v) is 3.88. The molecule has 0 aliphatic heterocycles. The number of urea groups is 1. The van der Waals surface area contributed by atoms with Gasteiger partial charge in [0.05, 0.1) is 0 Å². The Hall–Kier alpha value is -1.20. The standard InChI is InChI=1S/C15H25N3OS/c1-11(9-10-20-4)17-15(19)18-14-7-5-13(6-8-14)12(2)16-3/h5-8,11-12,16H,9-10H2,1-4H3,(H2,17,18,19). The van der Waals surface area contributed by atoms with Crippen LogP contribution in [0.4, 0.5) is 10.5 Å². The molecule has 1 rings (SSSR count). The van der Waals surface area contributed by atoms with Gasteiger partial charge in [-0.05, 0) is 57.0 Å². The van der Waals surface area contributed by atoms with Gasteiger partial charge in [0.15, 0.2) is 0 Å². The molecule has 0 aliphatic rings. The van der Waals surface area contributed by atoms with Crippen LogP contribution >= 0.6 is 11.8 Å². The Morgan fingerprint density at radius 1 is 1.25 bits per heavy atom. The molecule has 20 heavy (non-hydrogen) atoms. The summed E-state index contributed by atoms with van der Waals surface area (Å²) in [5.74, 6) is 1.05. The van der Waals surface area contributed by atoms with Crippen LogP contribution in [0.25, 0.3) is 0 Å². The largest absolute Gasteiger partial charge is 0.335 e. The summed E-state index contributed by atoms with van der Waals surface area (Å²) in [6, 6.07) is 8.25. The number of nitrogens with one attached hydrogen (secondary N) is 3. The number of rotatable bonds is 7. The Labute approximate surface area is 126 Å². The van der Waals surface area contributed by atoms with Crippen LogP contribution in [0.5, 0.6) is 0 Å². The van der Waals surface area contributed by atoms with Crippen LogP contribution in [0.1, 0.15) is 31.9 Å². The van der Waals surface area contributed by atoms with Crippen LogP contribution < -0.4 is 16.0 Å². The summed E-state index contributed by atoms with van der Waals surface area (Å²) in [5.41, 5.74) is 2.01. The quantitative estimate of drug-likeness (QED) is 0.724. The third kappa shape index (κ3) is 5.84. The van der Waals surface area contributed by atoms with Gasteiger partial charge in [0.2, 0.25) is 0 Å². The smallest absolute Gasteiger partial charge is 0.319 e. The molecular formula is C15H25N3OS. The van der Waals surface area contributed by atoms with Gasteiger partial charge in [-0.3, -0.25) is 0 Å². The Balaban J connectivity index is 2.45. The number of amides is 2. The highest BCUT2D eigenvalue weighted by Crippen LogP contribution is 2.15. The van der Waals surface area contributed by atoms with Gasteiger partial charge in [-0.1, -0.05) is 12.1 Å². The number of carbonyl (C=O) groups excluding carboxylic acids is 1. The summed E-state index contributed by atoms with van der Waals surface area (Å²) in [4.78, 5) is 11.8. The molecule has 3 N–H and O–H groups in total. The average Bonchev–Trinajstić information content (AvgIpc) is 2.45. The molecular weight excluding hydrogens is 270 g/mol. The number of hydrogen-bond donors (Lipinski definition) is 3. The summed E-state index contributed by atoms with van der Waals surface area (Å²) in [6.07, 6.45) is 3.05. The summed E-state index contributed by atoms with van der Waals surface area (Å²) in [6.45, 7) is 4.12. The van der Waals surface area contributed by atoms with Crippen molar-refractivity contribution in [3.8, 4) is 0 Å². The lowest BCUT2D eigenvalue weighted by molar-refractivity contribution is 0.249. The lowest BCUT2D eigenvalue weighted by Gasteiger charge is -2.15. The van der Waals surface area contributed by atoms with E-state index in [9.17, 15) is 4.79 Å². The maximum atomic E-state index is 11.8. The summed E-state index contributed by atoms with van der Waals surface area (Å²) in [5, 5.41) is 8.98. The fourth-order valence-corrected chi connectivity index (χ4v) is 2.37. The highest BCUT2D eigenvalue weighted by atomic mass is 32.2. The van der Waals surface area contributed by atoms with Gasteiger partial charge in [0, 0.05) is 17.8 Å². The number of anilines is 1. The van der Waals surface area contributed by atoms with Gasteiger partial charge in [-0.15, -0.1) is 0 Å². The van der Waals surface area contributed by atoms with Crippen LogP contribution in [0.15, 0.2) is 24.3 Å². The maximum Gasteiger partial charge on any atom is 0.319 e. The predicted octanol–water partition coefficient (Wildman–Crippen LogP) is 3.23. The highest BCUT2D eigenvalue weighted by Gasteiger charge is 2.07. The van der Waals surface area contributed by atoms with E-state index in [0.717, 1.165) is 17.9 Å². The van der Waals surface area contributed by atoms with E-state index in [1.54, 1.807) is 11.8 Å². The first-order valence-corrected chi connectivity index (χ1v) is 8.30. The fraction of sp³-hybridized carbons (Fsp3) is 0.533. The molecule has 0 bridgehead atoms. The van der Waals surface area contributed by atoms with Gasteiger partial charge in [0.25, 0.3) is 0 Å². The first-order chi connectivity index (χ1) is 9.56. The Bertz CT molecular complexity index is 408. The van der Waals surface area contributed by atoms with Crippen molar-refractivity contribution in [2.45, 2.75) is 32.4 Å². The third-order valence-electron chi connectivity index (χ3n) is 3.23. The molecule has 2 atom stereocenters. The van der Waals surface area contributed by atoms with E-state index in [4.69, 9.17) is 0 Å². The number of hydrogen-bond acceptors (Lipinski definition) is 3. The zero-order valence-electron chi connectivity index (χ0n) is 12.7. The minimum atomic E-state index is -0.145. The van der Waals surface area contributed by atoms with Crippen molar-refractivity contribution in [2.24, 2.45) is 0 Å². The Morgan fingerprint density at radius 3 is 2.45 bits per heavy atom. The van der Waals surface area contributed by atoms with E-state index in [-0.39, 0.29) is 12.1 Å². The molecule has 112 valence electrons. The molecule has 0 heterocycles. The molecule has 4 nitrogen and oxygen atoms in total. The van der Waals surface area contributed by atoms with E-state index in [1.807, 2.05) is 38.2 Å². The monoisotopic (exact) mass is 295 g/mol. The second kappa shape index (κ2) is 8.87. The first kappa shape index (κ1) is 16.9. The average molecular weight is 295 g/mol. The molecule has 2 amide bonds. The van der Waals surface area contributed by atoms with E-state index in [2.05, 4.69) is 29.1 Å². The molecule has 0 saturated heterocycles. The van der Waals surface area contributed by atoms with Crippen molar-refractivity contribution < 1.29 is 4.79 Å². The van der Waals surface area contributed by atoms with E-state index < -0.39 is 0 Å². The highest BCUT2D eigenvalue weighted by molar-refractivity contribution is 7.98. The van der Waals surface area contributed by atoms with Crippen LogP contribution in [-0.2, 0) is 0 Å². The molecule has 0 fully saturated rings. The molecule has 5 heteroatoms. The summed E-state index contributed by atoms with van der Waals surface area (Å²) < 4.78 is 0. The van der Waals surface area contributed by atoms with Crippen LogP contribution in [0.3, 0.4) is 0 Å². The minimum Gasteiger partial charge on any atom is -0.335 e. The minimum absolute atomic E-state index is 0.145. The van der Waals surface area contributed by atoms with Gasteiger partial charge in [-0.2, -0.15) is 11.8 Å². The summed E-state index contributed by atoms with van der Waals surface area (Å²) in [7, 11) is 1.93. The fourth-order valence-electron chi connectivity index (χ4n) is 1.78. The lowest BCUT2D eigenvalue weighted by Crippen LogP contribution is -2.36. The van der Waals surface area contributed by atoms with Crippen LogP contribution in [0.2, 0.25) is 0 Å². The van der Waals surface area contributed by atoms with Crippen LogP contribution in [0, 0.1) is 0 Å². The zero-order valence-corrected chi connectivity index (χ0v) is 13.5. The van der Waals surface area contributed by atoms with Crippen LogP contribution in [-0.4, -0.2) is 31.1 Å². The van der Waals surface area contributed by atoms with E-state index in [1.165, 1.54) is 5.56 Å². The number of thioether (sulfide) groups is 1. The van der Waals surface area contributed by atoms with Crippen molar-refractivity contribution >= 4 is 23.5 Å². The van der Waals surface area contributed by atoms with E-state index >= 15 is 0 Å². The second-order valence-electron chi connectivity index (χ2n) is 4.91. The first-order valence-electron chi connectivity index (χ1n) is 6.90. The maximum absolute atomic E-state index is 11.8. The lowest BCUT2D eigenvalue weighted by atomic mass is 10.1. The van der Waals surface area contributed by atoms with Crippen molar-refractivity contribution in [3.05, 3.63) is 29.8 Å². The number of carbonyl (C=O) groups is 1. The van der Waals surface area contributed by atoms with Crippen molar-refractivity contribution in [3.63, 3.8) is 0 Å². The normalized spacial score (nSPS) is 13.6. The van der Waals surface area contributed by atoms with Gasteiger partial charge < -0.3 is 16.0 Å². The van der Waals surface area contributed by atoms with Crippen molar-refractivity contribution in [1.82, 2.24) is 10.6 Å². The molecule has 0 aromatic heterocycles. The van der Waals surface area contributed by atoms with Crippen molar-refractivity contribution in [1.29, 1.82) is 0 Å². The molecule has 0 spiro atoms. The van der Waals surface area contributed by atoms with Crippen molar-refractivity contribution in [2.75, 3.05) is 24.4 Å². The number of benzene rings is 1. The SMILES string of the molecule is CNC(C)c1ccc(NC(=O)NC(C)CCSC)cc1. The summed E-state index contributed by atoms with van der Waals surface area (Å²) >= 11 is 1.79. The molecule has 0 radical (unpaired) electrons. The second-order valence-corrected chi connectivity index (χ2v) is 5.90. The topological polar surface area (TPSA) is 53.2 Å². The van der Waals surface area contributed by atoms with Gasteiger partial charge in [-0.25, -0.2) is 4.79 Å². The molecule has 0 aliphatic carbocycles. The molecule has 1 aromatic carbocycles. The predicted molar refractivity (Wildman–Crippen MR) is 88.5 cm³/mol. The van der Waals surface area contributed by atoms with Gasteiger partial charge >= 0.3 is 6.03 Å². The molecule has 0 saturated carbocycles. The zero-order chi connectivity index (χ0) is 15.0. The Kier molecular flexibility index (Phi) is 7.47. The molecule has 2 unspecified atom stereocenters. The van der Waals surface area contributed by atoms with E-state index in [0.29, 0.717) is 6.04 Å². The Morgan fingerprint density at radius 2 is 1.90 bits per heavy atom. The molecule has 1 aromatic rings.